The van der Waals surface area contributed by atoms with Gasteiger partial charge in [0, 0.05) is 49.0 Å². The third kappa shape index (κ3) is 4.77. The molecule has 274 valence electrons. The van der Waals surface area contributed by atoms with Gasteiger partial charge in [0.05, 0.1) is 11.0 Å². The quantitative estimate of drug-likeness (QED) is 0.179. The topological polar surface area (TPSA) is 69.9 Å². The van der Waals surface area contributed by atoms with E-state index < -0.39 is 0 Å². The van der Waals surface area contributed by atoms with Crippen molar-refractivity contribution in [1.82, 2.24) is 19.5 Å². The third-order valence-corrected chi connectivity index (χ3v) is 11.8. The lowest BCUT2D eigenvalue weighted by Gasteiger charge is -2.16. The normalized spacial score (nSPS) is 12.1. The van der Waals surface area contributed by atoms with E-state index in [1.807, 2.05) is 42.5 Å². The predicted molar refractivity (Wildman–Crippen MR) is 240 cm³/mol. The Morgan fingerprint density at radius 3 is 1.78 bits per heavy atom. The van der Waals surface area contributed by atoms with Gasteiger partial charge in [-0.1, -0.05) is 121 Å². The summed E-state index contributed by atoms with van der Waals surface area (Å²) in [6, 6.07) is 63.3. The summed E-state index contributed by atoms with van der Waals surface area (Å²) < 4.78 is 15.5. The Hall–Kier alpha value is -8.09. The zero-order valence-electron chi connectivity index (χ0n) is 31.4. The smallest absolute Gasteiger partial charge is 0.166 e. The van der Waals surface area contributed by atoms with Gasteiger partial charge in [-0.25, -0.2) is 15.0 Å². The number of hydrogen-bond acceptors (Lipinski definition) is 5. The first kappa shape index (κ1) is 32.0. The molecular formula is C53H30N4O2. The second-order valence-corrected chi connectivity index (χ2v) is 15.1. The van der Waals surface area contributed by atoms with Gasteiger partial charge in [-0.15, -0.1) is 0 Å². The first-order chi connectivity index (χ1) is 29.2. The fourth-order valence-electron chi connectivity index (χ4n) is 9.10. The molecule has 0 saturated carbocycles. The Morgan fingerprint density at radius 1 is 0.339 bits per heavy atom. The molecule has 4 aromatic heterocycles. The van der Waals surface area contributed by atoms with Crippen LogP contribution in [-0.4, -0.2) is 19.5 Å². The van der Waals surface area contributed by atoms with Crippen molar-refractivity contribution in [3.05, 3.63) is 182 Å². The molecule has 0 N–H and O–H groups in total. The van der Waals surface area contributed by atoms with Gasteiger partial charge in [0.15, 0.2) is 23.1 Å². The van der Waals surface area contributed by atoms with Crippen LogP contribution in [0.1, 0.15) is 0 Å². The van der Waals surface area contributed by atoms with E-state index >= 15 is 0 Å². The molecule has 0 spiro atoms. The lowest BCUT2D eigenvalue weighted by Crippen LogP contribution is -2.04. The van der Waals surface area contributed by atoms with Gasteiger partial charge in [0.2, 0.25) is 0 Å². The Labute approximate surface area is 336 Å². The highest BCUT2D eigenvalue weighted by Crippen LogP contribution is 2.44. The van der Waals surface area contributed by atoms with Gasteiger partial charge in [0.1, 0.15) is 22.4 Å². The Balaban J connectivity index is 1.16. The molecule has 59 heavy (non-hydrogen) atoms. The van der Waals surface area contributed by atoms with Crippen molar-refractivity contribution in [2.24, 2.45) is 0 Å². The molecule has 0 bridgehead atoms. The summed E-state index contributed by atoms with van der Waals surface area (Å²) in [5.41, 5.74) is 8.87. The molecule has 0 atom stereocenters. The fourth-order valence-corrected chi connectivity index (χ4v) is 9.10. The Bertz CT molecular complexity index is 3870. The lowest BCUT2D eigenvalue weighted by atomic mass is 10.0. The molecule has 13 rings (SSSR count). The van der Waals surface area contributed by atoms with Crippen LogP contribution in [0, 0.1) is 0 Å². The van der Waals surface area contributed by atoms with Gasteiger partial charge < -0.3 is 13.4 Å². The van der Waals surface area contributed by atoms with E-state index in [0.717, 1.165) is 104 Å². The molecule has 0 unspecified atom stereocenters. The number of furan rings is 2. The Morgan fingerprint density at radius 2 is 0.949 bits per heavy atom. The SMILES string of the molecule is c1ccc2cc3c(cc2c1)c1ccccc1n3-c1c(-c2nc(-c3ccc4oc5ccccc5c4c3)nc(-c3cccc4ccccc34)n2)ccc2c1oc1ccccc12. The van der Waals surface area contributed by atoms with Crippen LogP contribution in [0.4, 0.5) is 0 Å². The highest BCUT2D eigenvalue weighted by atomic mass is 16.3. The van der Waals surface area contributed by atoms with E-state index in [9.17, 15) is 0 Å². The molecule has 0 aliphatic heterocycles. The predicted octanol–water partition coefficient (Wildman–Crippen LogP) is 14.1. The molecule has 6 nitrogen and oxygen atoms in total. The lowest BCUT2D eigenvalue weighted by molar-refractivity contribution is 0.666. The molecule has 4 heterocycles. The van der Waals surface area contributed by atoms with E-state index in [2.05, 4.69) is 144 Å². The van der Waals surface area contributed by atoms with E-state index in [1.165, 1.54) is 5.39 Å². The summed E-state index contributed by atoms with van der Waals surface area (Å²) in [7, 11) is 0. The number of aromatic nitrogens is 4. The van der Waals surface area contributed by atoms with Crippen LogP contribution in [0.2, 0.25) is 0 Å². The van der Waals surface area contributed by atoms with Crippen molar-refractivity contribution in [3.63, 3.8) is 0 Å². The van der Waals surface area contributed by atoms with E-state index in [1.54, 1.807) is 0 Å². The average molecular weight is 755 g/mol. The summed E-state index contributed by atoms with van der Waals surface area (Å²) >= 11 is 0. The third-order valence-electron chi connectivity index (χ3n) is 11.8. The van der Waals surface area contributed by atoms with Crippen molar-refractivity contribution in [2.75, 3.05) is 0 Å². The first-order valence-electron chi connectivity index (χ1n) is 19.8. The summed E-state index contributed by atoms with van der Waals surface area (Å²) in [5, 5.41) is 11.0. The van der Waals surface area contributed by atoms with Gasteiger partial charge in [-0.3, -0.25) is 0 Å². The highest BCUT2D eigenvalue weighted by Gasteiger charge is 2.25. The van der Waals surface area contributed by atoms with E-state index in [4.69, 9.17) is 23.8 Å². The zero-order valence-corrected chi connectivity index (χ0v) is 31.4. The van der Waals surface area contributed by atoms with Crippen molar-refractivity contribution >= 4 is 87.2 Å². The number of rotatable bonds is 4. The Kier molecular flexibility index (Phi) is 6.63. The van der Waals surface area contributed by atoms with Gasteiger partial charge in [0.25, 0.3) is 0 Å². The minimum absolute atomic E-state index is 0.541. The highest BCUT2D eigenvalue weighted by molar-refractivity contribution is 6.17. The molecule has 0 amide bonds. The molecule has 0 saturated heterocycles. The van der Waals surface area contributed by atoms with Gasteiger partial charge >= 0.3 is 0 Å². The van der Waals surface area contributed by atoms with Gasteiger partial charge in [-0.2, -0.15) is 0 Å². The van der Waals surface area contributed by atoms with Crippen LogP contribution in [0.3, 0.4) is 0 Å². The van der Waals surface area contributed by atoms with Crippen molar-refractivity contribution in [1.29, 1.82) is 0 Å². The maximum atomic E-state index is 6.92. The van der Waals surface area contributed by atoms with Crippen LogP contribution in [0.5, 0.6) is 0 Å². The van der Waals surface area contributed by atoms with E-state index in [0.29, 0.717) is 17.5 Å². The molecule has 0 fully saturated rings. The zero-order chi connectivity index (χ0) is 38.6. The van der Waals surface area contributed by atoms with Gasteiger partial charge in [-0.05, 0) is 82.2 Å². The summed E-state index contributed by atoms with van der Waals surface area (Å²) in [6.45, 7) is 0. The number of para-hydroxylation sites is 3. The number of fused-ring (bicyclic) bond motifs is 11. The molecule has 0 radical (unpaired) electrons. The number of nitrogens with zero attached hydrogens (tertiary/aromatic N) is 4. The number of benzene rings is 9. The second kappa shape index (κ2) is 12.2. The largest absolute Gasteiger partial charge is 0.456 e. The molecular weight excluding hydrogens is 725 g/mol. The fraction of sp³-hybridized carbons (Fsp3) is 0. The maximum absolute atomic E-state index is 6.92. The van der Waals surface area contributed by atoms with Crippen molar-refractivity contribution < 1.29 is 8.83 Å². The average Bonchev–Trinajstić information content (AvgIpc) is 3.97. The van der Waals surface area contributed by atoms with Crippen LogP contribution < -0.4 is 0 Å². The second-order valence-electron chi connectivity index (χ2n) is 15.1. The standard InChI is InChI=1S/C53H30N4O2/c1-2-14-33-30-45-42(28-32(33)13-1)36-17-5-8-21-44(36)57(45)49-41(26-25-39-37-18-6-10-23-47(37)59-50(39)49)53-55-51(34-24-27-48-43(29-34)38-19-7-9-22-46(38)58-48)54-52(56-53)40-20-11-15-31-12-3-4-16-35(31)40/h1-30H. The summed E-state index contributed by atoms with van der Waals surface area (Å²) in [6.07, 6.45) is 0. The first-order valence-corrected chi connectivity index (χ1v) is 19.8. The minimum Gasteiger partial charge on any atom is -0.456 e. The summed E-state index contributed by atoms with van der Waals surface area (Å²) in [4.78, 5) is 16.0. The molecule has 9 aromatic carbocycles. The van der Waals surface area contributed by atoms with E-state index in [-0.39, 0.29) is 0 Å². The monoisotopic (exact) mass is 754 g/mol. The molecule has 6 heteroatoms. The minimum atomic E-state index is 0.541. The van der Waals surface area contributed by atoms with Crippen molar-refractivity contribution in [2.45, 2.75) is 0 Å². The van der Waals surface area contributed by atoms with Crippen LogP contribution in [0.25, 0.3) is 127 Å². The number of hydrogen-bond donors (Lipinski definition) is 0. The van der Waals surface area contributed by atoms with Crippen LogP contribution in [0.15, 0.2) is 191 Å². The molecule has 0 aliphatic carbocycles. The van der Waals surface area contributed by atoms with Crippen LogP contribution >= 0.6 is 0 Å². The molecule has 13 aromatic rings. The van der Waals surface area contributed by atoms with Crippen molar-refractivity contribution in [3.8, 4) is 39.9 Å². The molecule has 0 aliphatic rings. The maximum Gasteiger partial charge on any atom is 0.166 e. The summed E-state index contributed by atoms with van der Waals surface area (Å²) in [5.74, 6) is 1.69. The van der Waals surface area contributed by atoms with Crippen LogP contribution in [-0.2, 0) is 0 Å².